The second-order valence-electron chi connectivity index (χ2n) is 8.97. The molecule has 5 aromatic rings. The molecule has 2 aromatic heterocycles. The summed E-state index contributed by atoms with van der Waals surface area (Å²) in [6.07, 6.45) is -1.34. The lowest BCUT2D eigenvalue weighted by atomic mass is 9.94. The third kappa shape index (κ3) is 5.44. The lowest BCUT2D eigenvalue weighted by Gasteiger charge is -2.12. The van der Waals surface area contributed by atoms with Crippen LogP contribution in [0.3, 0.4) is 0 Å². The van der Waals surface area contributed by atoms with Crippen molar-refractivity contribution in [3.63, 3.8) is 0 Å². The highest BCUT2D eigenvalue weighted by Crippen LogP contribution is 2.32. The van der Waals surface area contributed by atoms with Gasteiger partial charge >= 0.3 is 6.18 Å². The highest BCUT2D eigenvalue weighted by atomic mass is 19.4. The molecule has 0 saturated carbocycles. The number of halogens is 3. The quantitative estimate of drug-likeness (QED) is 0.228. The molecule has 8 nitrogen and oxygen atoms in total. The van der Waals surface area contributed by atoms with Crippen LogP contribution in [0.25, 0.3) is 16.9 Å². The predicted molar refractivity (Wildman–Crippen MR) is 143 cm³/mol. The summed E-state index contributed by atoms with van der Waals surface area (Å²) in [6.45, 7) is 1.84. The Balaban J connectivity index is 1.46. The van der Waals surface area contributed by atoms with Gasteiger partial charge in [-0.05, 0) is 30.2 Å². The lowest BCUT2D eigenvalue weighted by molar-refractivity contribution is -0.137. The van der Waals surface area contributed by atoms with Crippen molar-refractivity contribution in [2.24, 2.45) is 0 Å². The Kier molecular flexibility index (Phi) is 7.12. The molecule has 1 N–H and O–H groups in total. The van der Waals surface area contributed by atoms with Gasteiger partial charge in [-0.2, -0.15) is 18.2 Å². The molecule has 0 spiro atoms. The summed E-state index contributed by atoms with van der Waals surface area (Å²) in [7, 11) is 3.12. The molecule has 0 aliphatic rings. The van der Waals surface area contributed by atoms with E-state index >= 15 is 0 Å². The van der Waals surface area contributed by atoms with Gasteiger partial charge in [0.1, 0.15) is 17.2 Å². The number of alkyl halides is 3. The zero-order valence-corrected chi connectivity index (χ0v) is 21.8. The van der Waals surface area contributed by atoms with Gasteiger partial charge in [-0.25, -0.2) is 4.52 Å². The molecule has 2 heterocycles. The lowest BCUT2D eigenvalue weighted by Crippen LogP contribution is -2.09. The smallest absolute Gasteiger partial charge is 0.416 e. The van der Waals surface area contributed by atoms with Crippen LogP contribution in [0.2, 0.25) is 0 Å². The van der Waals surface area contributed by atoms with Gasteiger partial charge in [0.05, 0.1) is 19.8 Å². The number of ether oxygens (including phenoxy) is 2. The van der Waals surface area contributed by atoms with E-state index < -0.39 is 17.5 Å². The number of ketones is 1. The fraction of sp³-hybridized carbons (Fsp3) is 0.172. The molecular formula is C29H24F3N5O3. The van der Waals surface area contributed by atoms with E-state index in [2.05, 4.69) is 20.4 Å². The number of anilines is 2. The Hall–Kier alpha value is -4.93. The summed E-state index contributed by atoms with van der Waals surface area (Å²) < 4.78 is 51.6. The van der Waals surface area contributed by atoms with Crippen molar-refractivity contribution >= 4 is 23.1 Å². The van der Waals surface area contributed by atoms with Crippen molar-refractivity contribution < 1.29 is 27.4 Å². The van der Waals surface area contributed by atoms with Gasteiger partial charge in [0.2, 0.25) is 5.95 Å². The van der Waals surface area contributed by atoms with Crippen LogP contribution in [-0.4, -0.2) is 39.6 Å². The molecule has 0 aliphatic heterocycles. The van der Waals surface area contributed by atoms with E-state index in [1.807, 2.05) is 13.0 Å². The second-order valence-corrected chi connectivity index (χ2v) is 8.97. The maximum atomic E-state index is 13.1. The monoisotopic (exact) mass is 547 g/mol. The molecule has 5 rings (SSSR count). The maximum absolute atomic E-state index is 13.1. The average Bonchev–Trinajstić information content (AvgIpc) is 3.36. The first-order valence-corrected chi connectivity index (χ1v) is 12.2. The van der Waals surface area contributed by atoms with Gasteiger partial charge in [0.15, 0.2) is 11.4 Å². The fourth-order valence-corrected chi connectivity index (χ4v) is 4.34. The first-order valence-electron chi connectivity index (χ1n) is 12.2. The average molecular weight is 548 g/mol. The van der Waals surface area contributed by atoms with Crippen molar-refractivity contribution in [1.82, 2.24) is 19.6 Å². The number of fused-ring (bicyclic) bond motifs is 1. The molecule has 0 saturated heterocycles. The van der Waals surface area contributed by atoms with Gasteiger partial charge in [0.25, 0.3) is 0 Å². The number of nitrogens with one attached hydrogen (secondary N) is 1. The number of hydrogen-bond acceptors (Lipinski definition) is 7. The number of Topliss-reactive ketones (excluding diaryl/α,β-unsaturated/α-hetero) is 1. The highest BCUT2D eigenvalue weighted by molar-refractivity contribution is 5.98. The van der Waals surface area contributed by atoms with Gasteiger partial charge < -0.3 is 14.8 Å². The van der Waals surface area contributed by atoms with Gasteiger partial charge in [0, 0.05) is 53.8 Å². The second kappa shape index (κ2) is 10.7. The summed E-state index contributed by atoms with van der Waals surface area (Å²) >= 11 is 0. The van der Waals surface area contributed by atoms with Crippen molar-refractivity contribution in [2.45, 2.75) is 19.5 Å². The van der Waals surface area contributed by atoms with E-state index in [0.29, 0.717) is 40.0 Å². The number of nitrogens with zero attached hydrogens (tertiary/aromatic N) is 4. The van der Waals surface area contributed by atoms with Crippen molar-refractivity contribution in [3.05, 3.63) is 95.3 Å². The normalized spacial score (nSPS) is 11.4. The van der Waals surface area contributed by atoms with Crippen LogP contribution < -0.4 is 14.8 Å². The van der Waals surface area contributed by atoms with Crippen LogP contribution in [0.15, 0.2) is 73.1 Å². The number of aromatic nitrogens is 4. The third-order valence-electron chi connectivity index (χ3n) is 6.43. The minimum absolute atomic E-state index is 0.00204. The number of benzene rings is 3. The molecule has 0 unspecified atom stereocenters. The van der Waals surface area contributed by atoms with Gasteiger partial charge in [-0.1, -0.05) is 30.3 Å². The number of hydrogen-bond donors (Lipinski definition) is 1. The zero-order chi connectivity index (χ0) is 28.4. The molecule has 0 aliphatic carbocycles. The summed E-state index contributed by atoms with van der Waals surface area (Å²) in [5.41, 5.74) is 2.98. The number of methoxy groups -OCH3 is 2. The Bertz CT molecular complexity index is 1690. The van der Waals surface area contributed by atoms with E-state index in [4.69, 9.17) is 9.47 Å². The fourth-order valence-electron chi connectivity index (χ4n) is 4.34. The largest absolute Gasteiger partial charge is 0.497 e. The van der Waals surface area contributed by atoms with Gasteiger partial charge in [-0.3, -0.25) is 9.78 Å². The van der Waals surface area contributed by atoms with Crippen molar-refractivity contribution in [1.29, 1.82) is 0 Å². The molecule has 0 bridgehead atoms. The molecule has 204 valence electrons. The van der Waals surface area contributed by atoms with Crippen LogP contribution >= 0.6 is 0 Å². The highest BCUT2D eigenvalue weighted by Gasteiger charge is 2.31. The van der Waals surface area contributed by atoms with Crippen LogP contribution in [-0.2, 0) is 12.6 Å². The first kappa shape index (κ1) is 26.7. The molecule has 0 amide bonds. The molecule has 0 atom stereocenters. The van der Waals surface area contributed by atoms with Crippen molar-refractivity contribution in [3.8, 4) is 22.8 Å². The Morgan fingerprint density at radius 3 is 2.42 bits per heavy atom. The van der Waals surface area contributed by atoms with E-state index in [1.165, 1.54) is 12.1 Å². The zero-order valence-electron chi connectivity index (χ0n) is 21.8. The summed E-state index contributed by atoms with van der Waals surface area (Å²) in [5, 5.41) is 7.65. The van der Waals surface area contributed by atoms with Crippen LogP contribution in [0.5, 0.6) is 11.5 Å². The molecule has 0 fully saturated rings. The molecule has 40 heavy (non-hydrogen) atoms. The van der Waals surface area contributed by atoms with Crippen LogP contribution in [0.1, 0.15) is 27.0 Å². The molecular weight excluding hydrogens is 523 g/mol. The predicted octanol–water partition coefficient (Wildman–Crippen LogP) is 6.30. The SMILES string of the molecule is COc1cc(Nc2nc3c(-c4cccc(CC(=O)c5cccc(C(F)(F)F)c5)c4C)nccn3n2)cc(OC)c1. The van der Waals surface area contributed by atoms with E-state index in [-0.39, 0.29) is 12.0 Å². The summed E-state index contributed by atoms with van der Waals surface area (Å²) in [4.78, 5) is 22.1. The third-order valence-corrected chi connectivity index (χ3v) is 6.43. The Morgan fingerprint density at radius 2 is 1.73 bits per heavy atom. The van der Waals surface area contributed by atoms with E-state index in [9.17, 15) is 18.0 Å². The summed E-state index contributed by atoms with van der Waals surface area (Å²) in [5.74, 6) is 1.10. The van der Waals surface area contributed by atoms with Crippen molar-refractivity contribution in [2.75, 3.05) is 19.5 Å². The van der Waals surface area contributed by atoms with E-state index in [0.717, 1.165) is 23.3 Å². The number of carbonyl (C=O) groups excluding carboxylic acids is 1. The van der Waals surface area contributed by atoms with Crippen LogP contribution in [0.4, 0.5) is 24.8 Å². The Morgan fingerprint density at radius 1 is 1.00 bits per heavy atom. The standard InChI is InChI=1S/C29H24F3N5O3/c1-17-18(13-25(38)19-7-4-8-20(12-19)29(30,31)32)6-5-9-24(17)26-27-35-28(36-37(27)11-10-33-26)34-21-14-22(39-2)16-23(15-21)40-3/h4-12,14-16H,13H2,1-3H3,(H,34,36). The van der Waals surface area contributed by atoms with Crippen LogP contribution in [0, 0.1) is 6.92 Å². The molecule has 3 aromatic carbocycles. The number of carbonyl (C=O) groups is 1. The molecule has 0 radical (unpaired) electrons. The number of rotatable bonds is 8. The Labute approximate surface area is 227 Å². The first-order chi connectivity index (χ1) is 19.2. The maximum Gasteiger partial charge on any atom is 0.416 e. The van der Waals surface area contributed by atoms with Gasteiger partial charge in [-0.15, -0.1) is 5.10 Å². The minimum Gasteiger partial charge on any atom is -0.497 e. The van der Waals surface area contributed by atoms with E-state index in [1.54, 1.807) is 61.5 Å². The topological polar surface area (TPSA) is 90.6 Å². The molecule has 11 heteroatoms. The summed E-state index contributed by atoms with van der Waals surface area (Å²) in [6, 6.07) is 15.2. The minimum atomic E-state index is -4.53.